The van der Waals surface area contributed by atoms with Crippen LogP contribution < -0.4 is 5.73 Å². The molecule has 0 aliphatic carbocycles. The Balaban J connectivity index is 2.06. The van der Waals surface area contributed by atoms with Crippen LogP contribution in [0.2, 0.25) is 0 Å². The average Bonchev–Trinajstić information content (AvgIpc) is 3.01. The first-order chi connectivity index (χ1) is 10.2. The third-order valence-electron chi connectivity index (χ3n) is 3.84. The zero-order valence-corrected chi connectivity index (χ0v) is 12.3. The van der Waals surface area contributed by atoms with Crippen LogP contribution in [-0.2, 0) is 16.1 Å². The Kier molecular flexibility index (Phi) is 5.32. The first-order valence-electron chi connectivity index (χ1n) is 7.31. The van der Waals surface area contributed by atoms with Crippen molar-refractivity contribution in [2.24, 2.45) is 5.73 Å². The van der Waals surface area contributed by atoms with E-state index in [1.807, 2.05) is 25.1 Å². The third kappa shape index (κ3) is 3.60. The highest BCUT2D eigenvalue weighted by molar-refractivity contribution is 5.81. The lowest BCUT2D eigenvalue weighted by molar-refractivity contribution is -0.143. The molecule has 1 aliphatic rings. The minimum absolute atomic E-state index is 0.0101. The molecule has 2 atom stereocenters. The fraction of sp³-hybridized carbons (Fsp3) is 0.500. The smallest absolute Gasteiger partial charge is 0.252 e. The van der Waals surface area contributed by atoms with E-state index in [0.717, 1.165) is 18.4 Å². The lowest BCUT2D eigenvalue weighted by Crippen LogP contribution is -2.39. The predicted octanol–water partition coefficient (Wildman–Crippen LogP) is 1.41. The fourth-order valence-electron chi connectivity index (χ4n) is 2.58. The molecule has 112 valence electrons. The van der Waals surface area contributed by atoms with Crippen LogP contribution >= 0.6 is 0 Å². The van der Waals surface area contributed by atoms with Crippen LogP contribution in [0.15, 0.2) is 24.3 Å². The molecule has 0 aromatic heterocycles. The van der Waals surface area contributed by atoms with Gasteiger partial charge in [-0.1, -0.05) is 18.2 Å². The van der Waals surface area contributed by atoms with Gasteiger partial charge in [0.15, 0.2) is 0 Å². The molecule has 2 unspecified atom stereocenters. The number of nitrogens with two attached hydrogens (primary N) is 1. The molecule has 5 heteroatoms. The minimum atomic E-state index is -0.396. The Morgan fingerprint density at radius 3 is 2.86 bits per heavy atom. The minimum Gasteiger partial charge on any atom is -0.364 e. The van der Waals surface area contributed by atoms with E-state index in [0.29, 0.717) is 25.2 Å². The van der Waals surface area contributed by atoms with Crippen LogP contribution in [0.25, 0.3) is 0 Å². The summed E-state index contributed by atoms with van der Waals surface area (Å²) in [6.07, 6.45) is 1.15. The summed E-state index contributed by atoms with van der Waals surface area (Å²) in [5.74, 6) is -0.0128. The van der Waals surface area contributed by atoms with E-state index in [2.05, 4.69) is 6.07 Å². The van der Waals surface area contributed by atoms with Gasteiger partial charge in [0, 0.05) is 19.6 Å². The molecule has 0 radical (unpaired) electrons. The summed E-state index contributed by atoms with van der Waals surface area (Å²) in [4.78, 5) is 14.3. The zero-order valence-electron chi connectivity index (χ0n) is 12.3. The van der Waals surface area contributed by atoms with Crippen LogP contribution in [0.4, 0.5) is 0 Å². The fourth-order valence-corrected chi connectivity index (χ4v) is 2.58. The number of hydrogen-bond donors (Lipinski definition) is 1. The standard InChI is InChI=1S/C16H21N3O2/c1-2-19(11-13-6-4-3-5-12(13)9-17)16(20)15-8-7-14(10-18)21-15/h3-6,14-15H,2,7-8,10-11,18H2,1H3. The Morgan fingerprint density at radius 2 is 2.24 bits per heavy atom. The van der Waals surface area contributed by atoms with Gasteiger partial charge >= 0.3 is 0 Å². The summed E-state index contributed by atoms with van der Waals surface area (Å²) in [5, 5.41) is 9.13. The number of nitriles is 1. The molecule has 2 N–H and O–H groups in total. The number of carbonyl (C=O) groups excluding carboxylic acids is 1. The molecular weight excluding hydrogens is 266 g/mol. The average molecular weight is 287 g/mol. The topological polar surface area (TPSA) is 79.4 Å². The Morgan fingerprint density at radius 1 is 1.48 bits per heavy atom. The van der Waals surface area contributed by atoms with Crippen molar-refractivity contribution in [1.29, 1.82) is 5.26 Å². The summed E-state index contributed by atoms with van der Waals surface area (Å²) >= 11 is 0. The number of hydrogen-bond acceptors (Lipinski definition) is 4. The maximum absolute atomic E-state index is 12.5. The second-order valence-electron chi connectivity index (χ2n) is 5.18. The largest absolute Gasteiger partial charge is 0.364 e. The Hall–Kier alpha value is -1.90. The van der Waals surface area contributed by atoms with Crippen molar-refractivity contribution in [3.05, 3.63) is 35.4 Å². The molecular formula is C16H21N3O2. The number of ether oxygens (including phenoxy) is 1. The van der Waals surface area contributed by atoms with Crippen LogP contribution in [0, 0.1) is 11.3 Å². The van der Waals surface area contributed by atoms with Gasteiger partial charge in [-0.15, -0.1) is 0 Å². The molecule has 5 nitrogen and oxygen atoms in total. The number of benzene rings is 1. The monoisotopic (exact) mass is 287 g/mol. The molecule has 1 saturated heterocycles. The van der Waals surface area contributed by atoms with Crippen molar-refractivity contribution in [2.75, 3.05) is 13.1 Å². The molecule has 1 fully saturated rings. The molecule has 0 spiro atoms. The van der Waals surface area contributed by atoms with Gasteiger partial charge in [0.05, 0.1) is 17.7 Å². The van der Waals surface area contributed by atoms with E-state index in [-0.39, 0.29) is 12.0 Å². The lowest BCUT2D eigenvalue weighted by Gasteiger charge is -2.24. The second-order valence-corrected chi connectivity index (χ2v) is 5.18. The maximum atomic E-state index is 12.5. The van der Waals surface area contributed by atoms with Crippen molar-refractivity contribution < 1.29 is 9.53 Å². The molecule has 1 heterocycles. The van der Waals surface area contributed by atoms with Gasteiger partial charge in [-0.05, 0) is 31.4 Å². The molecule has 0 saturated carbocycles. The highest BCUT2D eigenvalue weighted by Gasteiger charge is 2.32. The van der Waals surface area contributed by atoms with E-state index >= 15 is 0 Å². The SMILES string of the molecule is CCN(Cc1ccccc1C#N)C(=O)C1CCC(CN)O1. The first kappa shape index (κ1) is 15.5. The highest BCUT2D eigenvalue weighted by Crippen LogP contribution is 2.22. The molecule has 1 aromatic rings. The second kappa shape index (κ2) is 7.21. The molecule has 1 aromatic carbocycles. The summed E-state index contributed by atoms with van der Waals surface area (Å²) in [6.45, 7) is 3.41. The van der Waals surface area contributed by atoms with Gasteiger partial charge in [-0.2, -0.15) is 5.26 Å². The highest BCUT2D eigenvalue weighted by atomic mass is 16.5. The molecule has 1 amide bonds. The van der Waals surface area contributed by atoms with Crippen molar-refractivity contribution in [2.45, 2.75) is 38.5 Å². The maximum Gasteiger partial charge on any atom is 0.252 e. The van der Waals surface area contributed by atoms with Gasteiger partial charge in [0.25, 0.3) is 5.91 Å². The number of nitrogens with zero attached hydrogens (tertiary/aromatic N) is 2. The van der Waals surface area contributed by atoms with E-state index in [1.54, 1.807) is 11.0 Å². The van der Waals surface area contributed by atoms with Crippen LogP contribution in [0.3, 0.4) is 0 Å². The summed E-state index contributed by atoms with van der Waals surface area (Å²) in [5.41, 5.74) is 7.05. The van der Waals surface area contributed by atoms with Crippen LogP contribution in [-0.4, -0.2) is 36.1 Å². The number of likely N-dealkylation sites (N-methyl/N-ethyl adjacent to an activating group) is 1. The molecule has 0 bridgehead atoms. The van der Waals surface area contributed by atoms with Gasteiger partial charge < -0.3 is 15.4 Å². The lowest BCUT2D eigenvalue weighted by atomic mass is 10.1. The van der Waals surface area contributed by atoms with Gasteiger partial charge in [-0.25, -0.2) is 0 Å². The zero-order chi connectivity index (χ0) is 15.2. The quantitative estimate of drug-likeness (QED) is 0.888. The van der Waals surface area contributed by atoms with E-state index in [1.165, 1.54) is 0 Å². The van der Waals surface area contributed by atoms with Crippen molar-refractivity contribution in [1.82, 2.24) is 4.90 Å². The molecule has 21 heavy (non-hydrogen) atoms. The van der Waals surface area contributed by atoms with Gasteiger partial charge in [0.2, 0.25) is 0 Å². The molecule has 1 aliphatic heterocycles. The summed E-state index contributed by atoms with van der Waals surface area (Å²) < 4.78 is 5.67. The number of amides is 1. The normalized spacial score (nSPS) is 21.0. The third-order valence-corrected chi connectivity index (χ3v) is 3.84. The van der Waals surface area contributed by atoms with Crippen LogP contribution in [0.1, 0.15) is 30.9 Å². The Labute approximate surface area is 125 Å². The molecule has 2 rings (SSSR count). The summed E-state index contributed by atoms with van der Waals surface area (Å²) in [6, 6.07) is 9.52. The van der Waals surface area contributed by atoms with Crippen molar-refractivity contribution in [3.8, 4) is 6.07 Å². The van der Waals surface area contributed by atoms with Crippen molar-refractivity contribution >= 4 is 5.91 Å². The van der Waals surface area contributed by atoms with E-state index in [9.17, 15) is 4.79 Å². The Bertz CT molecular complexity index is 539. The van der Waals surface area contributed by atoms with E-state index < -0.39 is 6.10 Å². The van der Waals surface area contributed by atoms with Crippen molar-refractivity contribution in [3.63, 3.8) is 0 Å². The summed E-state index contributed by atoms with van der Waals surface area (Å²) in [7, 11) is 0. The number of rotatable bonds is 5. The predicted molar refractivity (Wildman–Crippen MR) is 79.2 cm³/mol. The van der Waals surface area contributed by atoms with Crippen LogP contribution in [0.5, 0.6) is 0 Å². The van der Waals surface area contributed by atoms with Gasteiger partial charge in [0.1, 0.15) is 6.10 Å². The van der Waals surface area contributed by atoms with Gasteiger partial charge in [-0.3, -0.25) is 4.79 Å². The van der Waals surface area contributed by atoms with E-state index in [4.69, 9.17) is 15.7 Å². The first-order valence-corrected chi connectivity index (χ1v) is 7.31. The number of carbonyl (C=O) groups is 1.